The second-order valence-corrected chi connectivity index (χ2v) is 6.13. The van der Waals surface area contributed by atoms with Gasteiger partial charge in [0.05, 0.1) is 5.75 Å². The lowest BCUT2D eigenvalue weighted by molar-refractivity contribution is -0.118. The molecule has 0 aliphatic carbocycles. The molecule has 23 heavy (non-hydrogen) atoms. The maximum atomic E-state index is 11.8. The molecule has 0 saturated heterocycles. The van der Waals surface area contributed by atoms with E-state index in [9.17, 15) is 4.79 Å². The predicted octanol–water partition coefficient (Wildman–Crippen LogP) is 2.76. The van der Waals surface area contributed by atoms with Crippen LogP contribution in [-0.4, -0.2) is 38.0 Å². The van der Waals surface area contributed by atoms with Crippen LogP contribution in [0, 0.1) is 0 Å². The molecule has 0 aliphatic rings. The Labute approximate surface area is 141 Å². The van der Waals surface area contributed by atoms with Gasteiger partial charge in [0.1, 0.15) is 0 Å². The van der Waals surface area contributed by atoms with Gasteiger partial charge in [-0.3, -0.25) is 9.78 Å². The minimum atomic E-state index is 0.0322. The summed E-state index contributed by atoms with van der Waals surface area (Å²) in [4.78, 5) is 15.9. The molecule has 1 amide bonds. The smallest absolute Gasteiger partial charge is 0.230 e. The Bertz CT molecular complexity index is 614. The highest BCUT2D eigenvalue weighted by atomic mass is 32.2. The average molecular weight is 333 g/mol. The molecule has 0 radical (unpaired) electrons. The first-order valence-corrected chi connectivity index (χ1v) is 8.97. The van der Waals surface area contributed by atoms with Gasteiger partial charge in [0.15, 0.2) is 11.0 Å². The Hall–Kier alpha value is -1.89. The Morgan fingerprint density at radius 3 is 2.87 bits per heavy atom. The molecule has 0 bridgehead atoms. The van der Waals surface area contributed by atoms with Crippen LogP contribution in [0.1, 0.15) is 33.1 Å². The zero-order valence-electron chi connectivity index (χ0n) is 13.7. The van der Waals surface area contributed by atoms with Crippen molar-refractivity contribution >= 4 is 17.7 Å². The van der Waals surface area contributed by atoms with E-state index in [-0.39, 0.29) is 5.91 Å². The van der Waals surface area contributed by atoms with E-state index >= 15 is 0 Å². The number of thioether (sulfide) groups is 1. The molecular weight excluding hydrogens is 310 g/mol. The number of pyridine rings is 1. The van der Waals surface area contributed by atoms with Crippen molar-refractivity contribution in [3.05, 3.63) is 24.5 Å². The lowest BCUT2D eigenvalue weighted by atomic mass is 10.2. The van der Waals surface area contributed by atoms with Crippen molar-refractivity contribution in [3.8, 4) is 11.4 Å². The van der Waals surface area contributed by atoms with Gasteiger partial charge in [-0.25, -0.2) is 0 Å². The molecule has 0 fully saturated rings. The number of nitrogens with zero attached hydrogens (tertiary/aromatic N) is 4. The van der Waals surface area contributed by atoms with Gasteiger partial charge >= 0.3 is 0 Å². The topological polar surface area (TPSA) is 72.7 Å². The van der Waals surface area contributed by atoms with E-state index in [1.165, 1.54) is 11.8 Å². The van der Waals surface area contributed by atoms with Gasteiger partial charge in [-0.1, -0.05) is 32.0 Å². The van der Waals surface area contributed by atoms with Crippen LogP contribution in [0.3, 0.4) is 0 Å². The van der Waals surface area contributed by atoms with Crippen LogP contribution >= 0.6 is 11.8 Å². The predicted molar refractivity (Wildman–Crippen MR) is 92.2 cm³/mol. The monoisotopic (exact) mass is 333 g/mol. The summed E-state index contributed by atoms with van der Waals surface area (Å²) < 4.78 is 2.08. The maximum absolute atomic E-state index is 11.8. The van der Waals surface area contributed by atoms with E-state index in [0.717, 1.165) is 42.4 Å². The molecule has 2 rings (SSSR count). The van der Waals surface area contributed by atoms with Crippen LogP contribution in [0.25, 0.3) is 11.4 Å². The number of rotatable bonds is 9. The normalized spacial score (nSPS) is 10.7. The van der Waals surface area contributed by atoms with Gasteiger partial charge < -0.3 is 9.88 Å². The van der Waals surface area contributed by atoms with Crippen molar-refractivity contribution in [1.29, 1.82) is 0 Å². The SMILES string of the molecule is CCCCn1c(SCC(=O)NCCC)nnc1-c1cccnc1. The summed E-state index contributed by atoms with van der Waals surface area (Å²) in [6.45, 7) is 5.74. The fraction of sp³-hybridized carbons (Fsp3) is 0.500. The number of carbonyl (C=O) groups is 1. The second kappa shape index (κ2) is 9.29. The number of aromatic nitrogens is 4. The Kier molecular flexibility index (Phi) is 7.06. The molecule has 0 aliphatic heterocycles. The molecule has 124 valence electrons. The number of nitrogens with one attached hydrogen (secondary N) is 1. The minimum Gasteiger partial charge on any atom is -0.355 e. The molecule has 0 saturated carbocycles. The standard InChI is InChI=1S/C16H23N5OS/c1-3-5-10-21-15(13-7-6-9-17-11-13)19-20-16(21)23-12-14(22)18-8-4-2/h6-7,9,11H,3-5,8,10,12H2,1-2H3,(H,18,22). The Balaban J connectivity index is 2.12. The number of hydrogen-bond donors (Lipinski definition) is 1. The molecule has 2 aromatic rings. The average Bonchev–Trinajstić information content (AvgIpc) is 2.99. The quantitative estimate of drug-likeness (QED) is 0.714. The van der Waals surface area contributed by atoms with Crippen LogP contribution in [0.15, 0.2) is 29.7 Å². The first kappa shape index (κ1) is 17.5. The number of amides is 1. The summed E-state index contributed by atoms with van der Waals surface area (Å²) in [6.07, 6.45) is 6.60. The summed E-state index contributed by atoms with van der Waals surface area (Å²) in [7, 11) is 0. The Morgan fingerprint density at radius 2 is 2.17 bits per heavy atom. The van der Waals surface area contributed by atoms with Crippen LogP contribution in [0.4, 0.5) is 0 Å². The molecule has 7 heteroatoms. The zero-order valence-corrected chi connectivity index (χ0v) is 14.5. The summed E-state index contributed by atoms with van der Waals surface area (Å²) >= 11 is 1.43. The number of hydrogen-bond acceptors (Lipinski definition) is 5. The van der Waals surface area contributed by atoms with Crippen molar-refractivity contribution in [3.63, 3.8) is 0 Å². The van der Waals surface area contributed by atoms with E-state index in [2.05, 4.69) is 32.0 Å². The highest BCUT2D eigenvalue weighted by Gasteiger charge is 2.15. The molecule has 0 spiro atoms. The van der Waals surface area contributed by atoms with E-state index in [1.807, 2.05) is 19.1 Å². The molecule has 2 aromatic heterocycles. The van der Waals surface area contributed by atoms with E-state index < -0.39 is 0 Å². The van der Waals surface area contributed by atoms with E-state index in [0.29, 0.717) is 12.3 Å². The highest BCUT2D eigenvalue weighted by Crippen LogP contribution is 2.23. The van der Waals surface area contributed by atoms with Gasteiger partial charge in [0, 0.05) is 31.0 Å². The molecule has 0 atom stereocenters. The van der Waals surface area contributed by atoms with Crippen molar-refractivity contribution in [1.82, 2.24) is 25.1 Å². The van der Waals surface area contributed by atoms with Crippen molar-refractivity contribution in [2.45, 2.75) is 44.8 Å². The lowest BCUT2D eigenvalue weighted by Crippen LogP contribution is -2.25. The van der Waals surface area contributed by atoms with Crippen LogP contribution in [0.5, 0.6) is 0 Å². The molecular formula is C16H23N5OS. The van der Waals surface area contributed by atoms with Crippen molar-refractivity contribution in [2.24, 2.45) is 0 Å². The molecule has 1 N–H and O–H groups in total. The van der Waals surface area contributed by atoms with Gasteiger partial charge in [-0.15, -0.1) is 10.2 Å². The maximum Gasteiger partial charge on any atom is 0.230 e. The fourth-order valence-electron chi connectivity index (χ4n) is 2.07. The second-order valence-electron chi connectivity index (χ2n) is 5.19. The van der Waals surface area contributed by atoms with E-state index in [1.54, 1.807) is 12.4 Å². The largest absolute Gasteiger partial charge is 0.355 e. The first-order chi connectivity index (χ1) is 11.3. The third-order valence-corrected chi connectivity index (χ3v) is 4.24. The fourth-order valence-corrected chi connectivity index (χ4v) is 2.86. The minimum absolute atomic E-state index is 0.0322. The van der Waals surface area contributed by atoms with Gasteiger partial charge in [0.25, 0.3) is 0 Å². The van der Waals surface area contributed by atoms with Gasteiger partial charge in [0.2, 0.25) is 5.91 Å². The van der Waals surface area contributed by atoms with Crippen LogP contribution in [-0.2, 0) is 11.3 Å². The van der Waals surface area contributed by atoms with Crippen molar-refractivity contribution < 1.29 is 4.79 Å². The number of carbonyl (C=O) groups excluding carboxylic acids is 1. The highest BCUT2D eigenvalue weighted by molar-refractivity contribution is 7.99. The first-order valence-electron chi connectivity index (χ1n) is 7.99. The molecule has 0 aromatic carbocycles. The summed E-state index contributed by atoms with van der Waals surface area (Å²) in [5, 5.41) is 12.2. The number of unbranched alkanes of at least 4 members (excludes halogenated alkanes) is 1. The summed E-state index contributed by atoms with van der Waals surface area (Å²) in [6, 6.07) is 3.86. The van der Waals surface area contributed by atoms with E-state index in [4.69, 9.17) is 0 Å². The molecule has 6 nitrogen and oxygen atoms in total. The zero-order chi connectivity index (χ0) is 16.5. The molecule has 2 heterocycles. The lowest BCUT2D eigenvalue weighted by Gasteiger charge is -2.09. The summed E-state index contributed by atoms with van der Waals surface area (Å²) in [5.74, 6) is 1.20. The van der Waals surface area contributed by atoms with Gasteiger partial charge in [-0.05, 0) is 25.0 Å². The Morgan fingerprint density at radius 1 is 1.30 bits per heavy atom. The van der Waals surface area contributed by atoms with Crippen LogP contribution < -0.4 is 5.32 Å². The summed E-state index contributed by atoms with van der Waals surface area (Å²) in [5.41, 5.74) is 0.943. The third-order valence-electron chi connectivity index (χ3n) is 3.28. The third kappa shape index (κ3) is 5.06. The molecule has 0 unspecified atom stereocenters. The van der Waals surface area contributed by atoms with Crippen LogP contribution in [0.2, 0.25) is 0 Å². The van der Waals surface area contributed by atoms with Crippen molar-refractivity contribution in [2.75, 3.05) is 12.3 Å². The van der Waals surface area contributed by atoms with Gasteiger partial charge in [-0.2, -0.15) is 0 Å².